The van der Waals surface area contributed by atoms with Crippen molar-refractivity contribution in [1.29, 1.82) is 5.41 Å². The van der Waals surface area contributed by atoms with Crippen LogP contribution in [0.15, 0.2) is 0 Å². The van der Waals surface area contributed by atoms with Crippen molar-refractivity contribution in [3.8, 4) is 0 Å². The molecule has 0 aliphatic heterocycles. The van der Waals surface area contributed by atoms with E-state index in [0.29, 0.717) is 0 Å². The fourth-order valence-electron chi connectivity index (χ4n) is 1.56. The fourth-order valence-corrected chi connectivity index (χ4v) is 1.70. The average Bonchev–Trinajstić information content (AvgIpc) is 2.34. The molecule has 0 aromatic heterocycles. The summed E-state index contributed by atoms with van der Waals surface area (Å²) in [6.45, 7) is 0. The summed E-state index contributed by atoms with van der Waals surface area (Å²) < 4.78 is 4.94. The van der Waals surface area contributed by atoms with Crippen LogP contribution in [0.2, 0.25) is 0 Å². The van der Waals surface area contributed by atoms with Gasteiger partial charge in [-0.25, -0.2) is 4.79 Å². The molecule has 5 nitrogen and oxygen atoms in total. The van der Waals surface area contributed by atoms with Crippen LogP contribution in [0.1, 0.15) is 19.3 Å². The molecule has 0 bridgehead atoms. The van der Waals surface area contributed by atoms with Crippen molar-refractivity contribution < 1.29 is 9.53 Å². The minimum absolute atomic E-state index is 0.0337. The van der Waals surface area contributed by atoms with Gasteiger partial charge in [-0.2, -0.15) is 0 Å². The van der Waals surface area contributed by atoms with Crippen molar-refractivity contribution in [3.05, 3.63) is 0 Å². The van der Waals surface area contributed by atoms with Gasteiger partial charge in [-0.1, -0.05) is 12.6 Å². The van der Waals surface area contributed by atoms with E-state index in [2.05, 4.69) is 17.9 Å². The monoisotopic (exact) mass is 203 g/mol. The third-order valence-electron chi connectivity index (χ3n) is 2.05. The van der Waals surface area contributed by atoms with Crippen molar-refractivity contribution in [2.45, 2.75) is 31.4 Å². The van der Waals surface area contributed by atoms with Gasteiger partial charge in [-0.3, -0.25) is 5.41 Å². The highest BCUT2D eigenvalue weighted by Gasteiger charge is 2.29. The number of nitrogens with one attached hydrogen (secondary N) is 2. The molecular weight excluding hydrogens is 190 g/mol. The number of carbonyl (C=O) groups excluding carboxylic acids is 1. The third kappa shape index (κ3) is 3.14. The fraction of sp³-hybridized carbons (Fsp3) is 0.714. The van der Waals surface area contributed by atoms with Gasteiger partial charge in [0.25, 0.3) is 0 Å². The highest BCUT2D eigenvalue weighted by Crippen LogP contribution is 2.22. The van der Waals surface area contributed by atoms with Crippen molar-refractivity contribution in [2.24, 2.45) is 5.73 Å². The summed E-state index contributed by atoms with van der Waals surface area (Å²) in [7, 11) is 0. The lowest BCUT2D eigenvalue weighted by molar-refractivity contribution is 0.113. The number of carbonyl (C=O) groups is 1. The Morgan fingerprint density at radius 1 is 1.62 bits per heavy atom. The van der Waals surface area contributed by atoms with E-state index in [1.165, 1.54) is 0 Å². The third-order valence-corrected chi connectivity index (χ3v) is 2.15. The highest BCUT2D eigenvalue weighted by molar-refractivity contribution is 7.96. The van der Waals surface area contributed by atoms with Gasteiger partial charge in [0.15, 0.2) is 5.96 Å². The molecule has 0 amide bonds. The van der Waals surface area contributed by atoms with E-state index in [1.54, 1.807) is 0 Å². The van der Waals surface area contributed by atoms with E-state index in [0.717, 1.165) is 19.3 Å². The number of guanidine groups is 1. The highest BCUT2D eigenvalue weighted by atomic mass is 32.1. The summed E-state index contributed by atoms with van der Waals surface area (Å²) in [6.07, 6.45) is 2.44. The summed E-state index contributed by atoms with van der Waals surface area (Å²) in [6, 6.07) is -0.0337. The first-order valence-electron chi connectivity index (χ1n) is 4.09. The Kier molecular flexibility index (Phi) is 3.41. The summed E-state index contributed by atoms with van der Waals surface area (Å²) in [5.41, 5.74) is 5.18. The first-order valence-corrected chi connectivity index (χ1v) is 4.54. The van der Waals surface area contributed by atoms with Crippen molar-refractivity contribution in [2.75, 3.05) is 0 Å². The molecule has 1 saturated carbocycles. The quantitative estimate of drug-likeness (QED) is 0.227. The molecule has 0 heterocycles. The van der Waals surface area contributed by atoms with Crippen LogP contribution in [0.25, 0.3) is 0 Å². The number of hydrogen-bond donors (Lipinski definition) is 4. The van der Waals surface area contributed by atoms with Crippen LogP contribution in [-0.2, 0) is 4.74 Å². The van der Waals surface area contributed by atoms with Crippen LogP contribution in [0.5, 0.6) is 0 Å². The van der Waals surface area contributed by atoms with E-state index in [1.807, 2.05) is 0 Å². The van der Waals surface area contributed by atoms with Crippen LogP contribution in [-0.4, -0.2) is 23.4 Å². The van der Waals surface area contributed by atoms with Crippen LogP contribution < -0.4 is 11.1 Å². The van der Waals surface area contributed by atoms with Gasteiger partial charge in [0.2, 0.25) is 0 Å². The molecule has 6 heteroatoms. The Morgan fingerprint density at radius 3 is 2.85 bits per heavy atom. The van der Waals surface area contributed by atoms with Gasteiger partial charge in [-0.05, 0) is 19.3 Å². The lowest BCUT2D eigenvalue weighted by Crippen LogP contribution is -2.44. The molecule has 4 N–H and O–H groups in total. The normalized spacial score (nSPS) is 26.8. The summed E-state index contributed by atoms with van der Waals surface area (Å²) in [5, 5.41) is 9.20. The maximum absolute atomic E-state index is 10.6. The van der Waals surface area contributed by atoms with Gasteiger partial charge in [-0.15, -0.1) is 0 Å². The molecule has 13 heavy (non-hydrogen) atoms. The number of nitrogens with two attached hydrogens (primary N) is 1. The average molecular weight is 203 g/mol. The van der Waals surface area contributed by atoms with Crippen molar-refractivity contribution in [3.63, 3.8) is 0 Å². The molecule has 1 aliphatic rings. The van der Waals surface area contributed by atoms with Gasteiger partial charge in [0.1, 0.15) is 6.10 Å². The smallest absolute Gasteiger partial charge is 0.364 e. The van der Waals surface area contributed by atoms with Crippen LogP contribution in [0.3, 0.4) is 0 Å². The second kappa shape index (κ2) is 4.36. The van der Waals surface area contributed by atoms with Gasteiger partial charge in [0.05, 0.1) is 6.04 Å². The molecule has 1 rings (SSSR count). The lowest BCUT2D eigenvalue weighted by Gasteiger charge is -2.19. The van der Waals surface area contributed by atoms with E-state index in [4.69, 9.17) is 15.9 Å². The zero-order valence-corrected chi connectivity index (χ0v) is 8.01. The number of rotatable bonds is 2. The summed E-state index contributed by atoms with van der Waals surface area (Å²) >= 11 is 3.53. The molecule has 0 radical (unpaired) electrons. The van der Waals surface area contributed by atoms with Crippen LogP contribution >= 0.6 is 12.6 Å². The first-order chi connectivity index (χ1) is 6.09. The summed E-state index contributed by atoms with van der Waals surface area (Å²) in [4.78, 5) is 10.6. The zero-order chi connectivity index (χ0) is 9.84. The standard InChI is InChI=1S/C7H13N3O2S/c8-6(9)10-4-2-1-3-5(4)12-7(11)13/h4-5H,1-3H2,(H,11,13)(H4,8,9,10). The minimum Gasteiger partial charge on any atom is -0.452 e. The predicted molar refractivity (Wildman–Crippen MR) is 51.9 cm³/mol. The molecule has 2 unspecified atom stereocenters. The molecular formula is C7H13N3O2S. The topological polar surface area (TPSA) is 88.2 Å². The van der Waals surface area contributed by atoms with E-state index in [-0.39, 0.29) is 18.1 Å². The molecule has 1 fully saturated rings. The maximum Gasteiger partial charge on any atom is 0.364 e. The maximum atomic E-state index is 10.6. The van der Waals surface area contributed by atoms with E-state index >= 15 is 0 Å². The Labute approximate surface area is 81.9 Å². The molecule has 74 valence electrons. The van der Waals surface area contributed by atoms with Gasteiger partial charge >= 0.3 is 5.30 Å². The van der Waals surface area contributed by atoms with Crippen molar-refractivity contribution >= 4 is 23.9 Å². The second-order valence-corrected chi connectivity index (χ2v) is 3.38. The van der Waals surface area contributed by atoms with E-state index < -0.39 is 5.30 Å². The Balaban J connectivity index is 2.43. The van der Waals surface area contributed by atoms with Gasteiger partial charge < -0.3 is 15.8 Å². The van der Waals surface area contributed by atoms with Crippen LogP contribution in [0.4, 0.5) is 4.79 Å². The first kappa shape index (κ1) is 10.2. The van der Waals surface area contributed by atoms with Crippen molar-refractivity contribution in [1.82, 2.24) is 5.32 Å². The molecule has 0 saturated heterocycles. The Morgan fingerprint density at radius 2 is 2.31 bits per heavy atom. The number of ether oxygens (including phenoxy) is 1. The SMILES string of the molecule is N=C(N)NC1CCCC1OC(=O)S. The molecule has 0 spiro atoms. The molecule has 2 atom stereocenters. The lowest BCUT2D eigenvalue weighted by atomic mass is 10.2. The predicted octanol–water partition coefficient (Wildman–Crippen LogP) is 0.457. The van der Waals surface area contributed by atoms with E-state index in [9.17, 15) is 4.79 Å². The van der Waals surface area contributed by atoms with Crippen LogP contribution in [0, 0.1) is 5.41 Å². The largest absolute Gasteiger partial charge is 0.452 e. The molecule has 1 aliphatic carbocycles. The molecule has 0 aromatic rings. The Hall–Kier alpha value is -0.910. The number of thiol groups is 1. The summed E-state index contributed by atoms with van der Waals surface area (Å²) in [5.74, 6) is -0.0906. The molecule has 0 aromatic carbocycles. The zero-order valence-electron chi connectivity index (χ0n) is 7.12. The van der Waals surface area contributed by atoms with Gasteiger partial charge in [0, 0.05) is 0 Å². The number of hydrogen-bond acceptors (Lipinski definition) is 3. The second-order valence-electron chi connectivity index (χ2n) is 3.02. The minimum atomic E-state index is -0.581. The Bertz CT molecular complexity index is 200.